The first-order valence-electron chi connectivity index (χ1n) is 8.37. The molecule has 0 radical (unpaired) electrons. The molecule has 2 aliphatic rings. The van der Waals surface area contributed by atoms with Crippen LogP contribution >= 0.6 is 0 Å². The Morgan fingerprint density at radius 3 is 2.84 bits per heavy atom. The first-order chi connectivity index (χ1) is 12.0. The molecule has 130 valence electrons. The van der Waals surface area contributed by atoms with Gasteiger partial charge in [0.25, 0.3) is 5.91 Å². The largest absolute Gasteiger partial charge is 0.332 e. The highest BCUT2D eigenvalue weighted by atomic mass is 16.2. The quantitative estimate of drug-likeness (QED) is 0.809. The van der Waals surface area contributed by atoms with Crippen LogP contribution in [0.4, 0.5) is 4.79 Å². The van der Waals surface area contributed by atoms with Crippen molar-refractivity contribution in [2.45, 2.75) is 31.3 Å². The van der Waals surface area contributed by atoms with Crippen LogP contribution in [0.5, 0.6) is 0 Å². The van der Waals surface area contributed by atoms with Crippen molar-refractivity contribution in [3.05, 3.63) is 30.1 Å². The molecule has 8 heteroatoms. The van der Waals surface area contributed by atoms with Crippen LogP contribution in [0, 0.1) is 0 Å². The molecule has 4 amide bonds. The third-order valence-electron chi connectivity index (χ3n) is 4.93. The van der Waals surface area contributed by atoms with E-state index in [4.69, 9.17) is 4.98 Å². The van der Waals surface area contributed by atoms with Crippen LogP contribution in [0.1, 0.15) is 31.1 Å². The van der Waals surface area contributed by atoms with Gasteiger partial charge in [-0.25, -0.2) is 9.78 Å². The lowest BCUT2D eigenvalue weighted by Gasteiger charge is -2.25. The van der Waals surface area contributed by atoms with Crippen molar-refractivity contribution in [1.29, 1.82) is 0 Å². The number of nitrogens with zero attached hydrogens (tertiary/aromatic N) is 3. The first-order valence-corrected chi connectivity index (χ1v) is 8.37. The highest BCUT2D eigenvalue weighted by Crippen LogP contribution is 2.33. The number of imidazole rings is 1. The number of aryl methyl sites for hydroxylation is 1. The van der Waals surface area contributed by atoms with E-state index in [9.17, 15) is 14.4 Å². The summed E-state index contributed by atoms with van der Waals surface area (Å²) in [6, 6.07) is 6.43. The summed E-state index contributed by atoms with van der Waals surface area (Å²) < 4.78 is 2.02. The highest BCUT2D eigenvalue weighted by Gasteiger charge is 2.37. The molecule has 2 N–H and O–H groups in total. The van der Waals surface area contributed by atoms with Crippen molar-refractivity contribution in [2.75, 3.05) is 6.54 Å². The fraction of sp³-hybridized carbons (Fsp3) is 0.412. The molecule has 1 aromatic heterocycles. The van der Waals surface area contributed by atoms with E-state index in [1.54, 1.807) is 4.90 Å². The van der Waals surface area contributed by atoms with Crippen molar-refractivity contribution in [2.24, 2.45) is 7.05 Å². The van der Waals surface area contributed by atoms with Crippen molar-refractivity contribution in [1.82, 2.24) is 25.1 Å². The van der Waals surface area contributed by atoms with Gasteiger partial charge in [-0.3, -0.25) is 14.9 Å². The molecule has 2 aliphatic heterocycles. The van der Waals surface area contributed by atoms with Crippen molar-refractivity contribution in [3.63, 3.8) is 0 Å². The van der Waals surface area contributed by atoms with E-state index < -0.39 is 18.0 Å². The lowest BCUT2D eigenvalue weighted by molar-refractivity contribution is -0.134. The Morgan fingerprint density at radius 1 is 1.32 bits per heavy atom. The van der Waals surface area contributed by atoms with Gasteiger partial charge in [-0.15, -0.1) is 0 Å². The number of benzene rings is 1. The van der Waals surface area contributed by atoms with Gasteiger partial charge < -0.3 is 14.8 Å². The van der Waals surface area contributed by atoms with E-state index in [1.807, 2.05) is 35.9 Å². The first kappa shape index (κ1) is 15.6. The molecule has 8 nitrogen and oxygen atoms in total. The molecule has 0 unspecified atom stereocenters. The fourth-order valence-electron chi connectivity index (χ4n) is 3.69. The normalized spacial score (nSPS) is 23.2. The summed E-state index contributed by atoms with van der Waals surface area (Å²) in [6.45, 7) is 0.634. The molecule has 1 aromatic carbocycles. The molecule has 2 atom stereocenters. The smallest absolute Gasteiger partial charge is 0.322 e. The van der Waals surface area contributed by atoms with Crippen LogP contribution in [-0.4, -0.2) is 44.9 Å². The SMILES string of the molecule is Cn1c([C@@H]2CCCN2C(=O)C[C@H]2NC(=O)NC2=O)nc2ccccc21. The maximum Gasteiger partial charge on any atom is 0.322 e. The third kappa shape index (κ3) is 2.63. The van der Waals surface area contributed by atoms with Crippen LogP contribution in [0.2, 0.25) is 0 Å². The van der Waals surface area contributed by atoms with Crippen molar-refractivity contribution < 1.29 is 14.4 Å². The summed E-state index contributed by atoms with van der Waals surface area (Å²) in [7, 11) is 1.95. The van der Waals surface area contributed by atoms with Crippen LogP contribution in [0.3, 0.4) is 0 Å². The van der Waals surface area contributed by atoms with Gasteiger partial charge in [0.05, 0.1) is 23.5 Å². The van der Waals surface area contributed by atoms with Crippen LogP contribution in [0.25, 0.3) is 11.0 Å². The van der Waals surface area contributed by atoms with E-state index in [0.717, 1.165) is 29.7 Å². The summed E-state index contributed by atoms with van der Waals surface area (Å²) in [6.07, 6.45) is 1.70. The molecule has 2 saturated heterocycles. The minimum absolute atomic E-state index is 0.0297. The minimum atomic E-state index is -0.790. The topological polar surface area (TPSA) is 96.3 Å². The Balaban J connectivity index is 1.57. The van der Waals surface area contributed by atoms with Gasteiger partial charge in [-0.2, -0.15) is 0 Å². The number of imide groups is 1. The number of hydrogen-bond donors (Lipinski definition) is 2. The zero-order valence-corrected chi connectivity index (χ0v) is 13.9. The number of rotatable bonds is 3. The van der Waals surface area contributed by atoms with Crippen molar-refractivity contribution in [3.8, 4) is 0 Å². The number of aromatic nitrogens is 2. The van der Waals surface area contributed by atoms with E-state index in [1.165, 1.54) is 0 Å². The summed E-state index contributed by atoms with van der Waals surface area (Å²) in [4.78, 5) is 42.1. The molecule has 0 saturated carbocycles. The highest BCUT2D eigenvalue weighted by molar-refractivity contribution is 6.05. The molecular weight excluding hydrogens is 322 g/mol. The summed E-state index contributed by atoms with van der Waals surface area (Å²) >= 11 is 0. The number of urea groups is 1. The molecule has 2 aromatic rings. The standard InChI is InChI=1S/C17H19N5O3/c1-21-12-6-3-2-5-10(12)18-15(21)13-7-4-8-22(13)14(23)9-11-16(24)20-17(25)19-11/h2-3,5-6,11,13H,4,7-9H2,1H3,(H2,19,20,24,25)/t11-,13+/m1/s1. The predicted molar refractivity (Wildman–Crippen MR) is 89.5 cm³/mol. The molecule has 2 fully saturated rings. The molecule has 0 aliphatic carbocycles. The van der Waals surface area contributed by atoms with Gasteiger partial charge >= 0.3 is 6.03 Å². The molecule has 25 heavy (non-hydrogen) atoms. The zero-order valence-electron chi connectivity index (χ0n) is 13.9. The maximum atomic E-state index is 12.7. The second-order valence-corrected chi connectivity index (χ2v) is 6.48. The Labute approximate surface area is 144 Å². The summed E-state index contributed by atoms with van der Waals surface area (Å²) in [5.74, 6) is 0.265. The van der Waals surface area contributed by atoms with E-state index in [-0.39, 0.29) is 18.4 Å². The lowest BCUT2D eigenvalue weighted by Crippen LogP contribution is -2.39. The summed E-state index contributed by atoms with van der Waals surface area (Å²) in [5, 5.41) is 4.63. The monoisotopic (exact) mass is 341 g/mol. The van der Waals surface area contributed by atoms with E-state index in [0.29, 0.717) is 6.54 Å². The van der Waals surface area contributed by atoms with Crippen LogP contribution in [-0.2, 0) is 16.6 Å². The number of para-hydroxylation sites is 2. The van der Waals surface area contributed by atoms with Gasteiger partial charge in [0.2, 0.25) is 5.91 Å². The second kappa shape index (κ2) is 5.87. The number of fused-ring (bicyclic) bond motifs is 1. The van der Waals surface area contributed by atoms with Crippen molar-refractivity contribution >= 4 is 28.9 Å². The maximum absolute atomic E-state index is 12.7. The van der Waals surface area contributed by atoms with Gasteiger partial charge in [0.15, 0.2) is 0 Å². The Hall–Kier alpha value is -2.90. The number of carbonyl (C=O) groups is 3. The number of carbonyl (C=O) groups excluding carboxylic acids is 3. The average Bonchev–Trinajstić information content (AvgIpc) is 3.26. The van der Waals surface area contributed by atoms with Gasteiger partial charge in [-0.05, 0) is 25.0 Å². The Kier molecular flexibility index (Phi) is 3.67. The molecule has 0 bridgehead atoms. The Bertz CT molecular complexity index is 874. The number of hydrogen-bond acceptors (Lipinski definition) is 4. The van der Waals surface area contributed by atoms with Crippen LogP contribution in [0.15, 0.2) is 24.3 Å². The minimum Gasteiger partial charge on any atom is -0.332 e. The average molecular weight is 341 g/mol. The molecule has 0 spiro atoms. The molecule has 3 heterocycles. The predicted octanol–water partition coefficient (Wildman–Crippen LogP) is 0.835. The second-order valence-electron chi connectivity index (χ2n) is 6.48. The Morgan fingerprint density at radius 2 is 2.12 bits per heavy atom. The molecular formula is C17H19N5O3. The van der Waals surface area contributed by atoms with Crippen LogP contribution < -0.4 is 10.6 Å². The van der Waals surface area contributed by atoms with Gasteiger partial charge in [0.1, 0.15) is 11.9 Å². The number of amides is 4. The summed E-state index contributed by atoms with van der Waals surface area (Å²) in [5.41, 5.74) is 1.93. The number of nitrogens with one attached hydrogen (secondary N) is 2. The van der Waals surface area contributed by atoms with E-state index in [2.05, 4.69) is 10.6 Å². The lowest BCUT2D eigenvalue weighted by atomic mass is 10.1. The zero-order chi connectivity index (χ0) is 17.6. The van der Waals surface area contributed by atoms with Gasteiger partial charge in [0, 0.05) is 13.6 Å². The number of likely N-dealkylation sites (tertiary alicyclic amines) is 1. The van der Waals surface area contributed by atoms with Gasteiger partial charge in [-0.1, -0.05) is 12.1 Å². The fourth-order valence-corrected chi connectivity index (χ4v) is 3.69. The van der Waals surface area contributed by atoms with E-state index >= 15 is 0 Å². The third-order valence-corrected chi connectivity index (χ3v) is 4.93. The molecule has 4 rings (SSSR count).